The van der Waals surface area contributed by atoms with Crippen molar-refractivity contribution in [2.45, 2.75) is 55.7 Å². The van der Waals surface area contributed by atoms with Gasteiger partial charge in [0.25, 0.3) is 0 Å². The number of aryl methyl sites for hydroxylation is 2. The maximum Gasteiger partial charge on any atom is 0.331 e. The molecule has 0 unspecified atom stereocenters. The summed E-state index contributed by atoms with van der Waals surface area (Å²) in [6.45, 7) is 3.71. The summed E-state index contributed by atoms with van der Waals surface area (Å²) < 4.78 is 1.95. The molecule has 2 atom stereocenters. The Morgan fingerprint density at radius 2 is 1.93 bits per heavy atom. The molecule has 3 fully saturated rings. The molecule has 3 aliphatic rings. The molecule has 5 heterocycles. The van der Waals surface area contributed by atoms with Crippen LogP contribution in [0.3, 0.4) is 0 Å². The van der Waals surface area contributed by atoms with Crippen molar-refractivity contribution in [1.29, 1.82) is 0 Å². The van der Waals surface area contributed by atoms with Gasteiger partial charge >= 0.3 is 6.03 Å². The van der Waals surface area contributed by atoms with Crippen LogP contribution in [0, 0.1) is 19.8 Å². The van der Waals surface area contributed by atoms with E-state index in [1.54, 1.807) is 19.2 Å². The van der Waals surface area contributed by atoms with Crippen LogP contribution in [0.4, 0.5) is 16.3 Å². The number of thioether (sulfide) groups is 1. The van der Waals surface area contributed by atoms with Crippen molar-refractivity contribution in [2.24, 2.45) is 5.92 Å². The third-order valence-electron chi connectivity index (χ3n) is 7.83. The first-order valence-corrected chi connectivity index (χ1v) is 14.9. The van der Waals surface area contributed by atoms with Gasteiger partial charge < -0.3 is 9.72 Å². The Morgan fingerprint density at radius 3 is 2.67 bits per heavy atom. The summed E-state index contributed by atoms with van der Waals surface area (Å²) in [4.78, 5) is 63.2. The molecule has 2 aliphatic carbocycles. The molecule has 0 bridgehead atoms. The lowest BCUT2D eigenvalue weighted by Gasteiger charge is -2.17. The molecule has 42 heavy (non-hydrogen) atoms. The van der Waals surface area contributed by atoms with Crippen molar-refractivity contribution in [3.63, 3.8) is 0 Å². The van der Waals surface area contributed by atoms with E-state index >= 15 is 0 Å². The molecule has 13 heteroatoms. The highest BCUT2D eigenvalue weighted by atomic mass is 32.2. The van der Waals surface area contributed by atoms with Gasteiger partial charge in [0, 0.05) is 55.0 Å². The third-order valence-corrected chi connectivity index (χ3v) is 8.78. The number of carbonyl (C=O) groups is 3. The number of rotatable bonds is 8. The third kappa shape index (κ3) is 5.08. The lowest BCUT2D eigenvalue weighted by atomic mass is 10.1. The number of urea groups is 1. The molecule has 4 amide bonds. The van der Waals surface area contributed by atoms with Crippen LogP contribution in [0.1, 0.15) is 59.7 Å². The smallest absolute Gasteiger partial charge is 0.310 e. The topological polar surface area (TPSA) is 139 Å². The van der Waals surface area contributed by atoms with Gasteiger partial charge in [0.05, 0.1) is 11.4 Å². The Labute approximate surface area is 246 Å². The van der Waals surface area contributed by atoms with Gasteiger partial charge in [-0.05, 0) is 56.7 Å². The van der Waals surface area contributed by atoms with Crippen LogP contribution < -0.4 is 10.2 Å². The highest BCUT2D eigenvalue weighted by molar-refractivity contribution is 7.98. The Balaban J connectivity index is 1.07. The van der Waals surface area contributed by atoms with E-state index in [2.05, 4.69) is 31.4 Å². The first kappa shape index (κ1) is 26.5. The minimum atomic E-state index is -0.344. The van der Waals surface area contributed by atoms with Gasteiger partial charge in [0.1, 0.15) is 29.0 Å². The number of hydrogen-bond acceptors (Lipinski definition) is 9. The number of imidazole rings is 1. The van der Waals surface area contributed by atoms with Gasteiger partial charge in [0.2, 0.25) is 11.8 Å². The van der Waals surface area contributed by atoms with Crippen LogP contribution in [0.2, 0.25) is 0 Å². The maximum atomic E-state index is 12.9. The Bertz CT molecular complexity index is 1770. The van der Waals surface area contributed by atoms with Crippen LogP contribution in [-0.2, 0) is 15.3 Å². The number of fused-ring (bicyclic) bond motifs is 1. The first-order valence-electron chi connectivity index (χ1n) is 13.9. The van der Waals surface area contributed by atoms with Crippen molar-refractivity contribution in [3.05, 3.63) is 65.4 Å². The van der Waals surface area contributed by atoms with Crippen LogP contribution in [-0.4, -0.2) is 65.7 Å². The van der Waals surface area contributed by atoms with E-state index in [0.29, 0.717) is 51.9 Å². The predicted octanol–water partition coefficient (Wildman–Crippen LogP) is 3.84. The number of imide groups is 1. The molecule has 12 nitrogen and oxygen atoms in total. The van der Waals surface area contributed by atoms with Crippen molar-refractivity contribution >= 4 is 46.8 Å². The second kappa shape index (κ2) is 10.2. The second-order valence-electron chi connectivity index (χ2n) is 11.1. The zero-order valence-electron chi connectivity index (χ0n) is 23.4. The van der Waals surface area contributed by atoms with Gasteiger partial charge in [0.15, 0.2) is 5.65 Å². The predicted molar refractivity (Wildman–Crippen MR) is 155 cm³/mol. The molecule has 214 valence electrons. The fourth-order valence-electron chi connectivity index (χ4n) is 5.31. The number of hydrogen-bond donors (Lipinski definition) is 1. The largest absolute Gasteiger partial charge is 0.331 e. The van der Waals surface area contributed by atoms with Crippen LogP contribution in [0.15, 0.2) is 41.8 Å². The highest BCUT2D eigenvalue weighted by Gasteiger charge is 2.46. The number of anilines is 2. The molecule has 0 radical (unpaired) electrons. The van der Waals surface area contributed by atoms with Gasteiger partial charge in [-0.15, -0.1) is 0 Å². The summed E-state index contributed by atoms with van der Waals surface area (Å²) in [5.74, 6) is 2.21. The standard InChI is InChI=1S/C29H29N9O3S/c1-15-6-7-30-26(31-15)20-9-21(20)28(40)35-23-10-24(33-16(2)32-23)42-14-19-12-37-11-18(17-4-5-17)8-22(27(37)34-19)38-13-25(39)36(3)29(38)41/h6-8,10-12,17,20-21H,4-5,9,13-14H2,1-3H3,(H,32,33,35,40)/t20-,21-/m0/s1. The minimum Gasteiger partial charge on any atom is -0.310 e. The van der Waals surface area contributed by atoms with Crippen molar-refractivity contribution in [2.75, 3.05) is 23.8 Å². The molecule has 2 saturated carbocycles. The lowest BCUT2D eigenvalue weighted by molar-refractivity contribution is -0.124. The molecule has 7 rings (SSSR count). The van der Waals surface area contributed by atoms with Gasteiger partial charge in [-0.25, -0.2) is 29.7 Å². The Hall–Kier alpha value is -4.39. The minimum absolute atomic E-state index is 0.00435. The zero-order chi connectivity index (χ0) is 29.1. The van der Waals surface area contributed by atoms with E-state index in [0.717, 1.165) is 34.7 Å². The second-order valence-corrected chi connectivity index (χ2v) is 12.1. The van der Waals surface area contributed by atoms with Crippen LogP contribution in [0.5, 0.6) is 0 Å². The van der Waals surface area contributed by atoms with E-state index < -0.39 is 0 Å². The van der Waals surface area contributed by atoms with E-state index in [1.165, 1.54) is 23.7 Å². The molecule has 4 aromatic rings. The number of amides is 4. The first-order chi connectivity index (χ1) is 20.2. The van der Waals surface area contributed by atoms with Gasteiger partial charge in [-0.2, -0.15) is 0 Å². The number of likely N-dealkylation sites (N-methyl/N-ethyl adjacent to an activating group) is 1. The molecular weight excluding hydrogens is 554 g/mol. The summed E-state index contributed by atoms with van der Waals surface area (Å²) in [5.41, 5.74) is 4.12. The Morgan fingerprint density at radius 1 is 1.10 bits per heavy atom. The zero-order valence-corrected chi connectivity index (χ0v) is 24.3. The van der Waals surface area contributed by atoms with E-state index in [9.17, 15) is 14.4 Å². The molecular formula is C29H29N9O3S. The number of aromatic nitrogens is 6. The van der Waals surface area contributed by atoms with Crippen LogP contribution in [0.25, 0.3) is 5.65 Å². The quantitative estimate of drug-likeness (QED) is 0.186. The van der Waals surface area contributed by atoms with Crippen molar-refractivity contribution in [1.82, 2.24) is 34.2 Å². The summed E-state index contributed by atoms with van der Waals surface area (Å²) in [7, 11) is 1.50. The van der Waals surface area contributed by atoms with E-state index in [1.807, 2.05) is 29.7 Å². The SMILES string of the molecule is Cc1ccnc([C@H]2C[C@@H]2C(=O)Nc2cc(SCc3cn4cc(C5CC5)cc(N5CC(=O)N(C)C5=O)c4n3)nc(C)n2)n1. The average molecular weight is 584 g/mol. The van der Waals surface area contributed by atoms with E-state index in [4.69, 9.17) is 4.98 Å². The number of nitrogens with one attached hydrogen (secondary N) is 1. The molecule has 1 saturated heterocycles. The van der Waals surface area contributed by atoms with Crippen molar-refractivity contribution < 1.29 is 14.4 Å². The summed E-state index contributed by atoms with van der Waals surface area (Å²) >= 11 is 1.49. The Kier molecular flexibility index (Phi) is 6.41. The van der Waals surface area contributed by atoms with Crippen LogP contribution >= 0.6 is 11.8 Å². The van der Waals surface area contributed by atoms with Crippen molar-refractivity contribution in [3.8, 4) is 0 Å². The number of nitrogens with zero attached hydrogens (tertiary/aromatic N) is 8. The summed E-state index contributed by atoms with van der Waals surface area (Å²) in [5, 5.41) is 3.66. The van der Waals surface area contributed by atoms with E-state index in [-0.39, 0.29) is 36.2 Å². The molecule has 4 aromatic heterocycles. The monoisotopic (exact) mass is 583 g/mol. The molecule has 1 N–H and O–H groups in total. The number of pyridine rings is 1. The summed E-state index contributed by atoms with van der Waals surface area (Å²) in [6.07, 6.45) is 8.70. The fourth-order valence-corrected chi connectivity index (χ4v) is 6.13. The van der Waals surface area contributed by atoms with Gasteiger partial charge in [-0.3, -0.25) is 19.4 Å². The fraction of sp³-hybridized carbons (Fsp3) is 0.379. The maximum absolute atomic E-state index is 12.9. The number of carbonyl (C=O) groups excluding carboxylic acids is 3. The van der Waals surface area contributed by atoms with Gasteiger partial charge in [-0.1, -0.05) is 11.8 Å². The highest BCUT2D eigenvalue weighted by Crippen LogP contribution is 2.46. The molecule has 0 aromatic carbocycles. The lowest BCUT2D eigenvalue weighted by Crippen LogP contribution is -2.30. The average Bonchev–Trinajstić information content (AvgIpc) is 3.88. The molecule has 1 aliphatic heterocycles. The molecule has 0 spiro atoms. The normalized spacial score (nSPS) is 20.1. The summed E-state index contributed by atoms with van der Waals surface area (Å²) in [6, 6.07) is 5.27.